The van der Waals surface area contributed by atoms with E-state index in [0.717, 1.165) is 21.3 Å². The lowest BCUT2D eigenvalue weighted by Gasteiger charge is -2.19. The van der Waals surface area contributed by atoms with Crippen molar-refractivity contribution in [3.63, 3.8) is 0 Å². The zero-order valence-electron chi connectivity index (χ0n) is 16.1. The number of aromatic nitrogens is 2. The Morgan fingerprint density at radius 2 is 1.93 bits per heavy atom. The minimum Gasteiger partial charge on any atom is -0.496 e. The summed E-state index contributed by atoms with van der Waals surface area (Å²) in [5.74, 6) is 1.67. The van der Waals surface area contributed by atoms with Crippen molar-refractivity contribution in [2.75, 3.05) is 14.2 Å². The van der Waals surface area contributed by atoms with E-state index in [0.29, 0.717) is 31.2 Å². The molecule has 0 saturated heterocycles. The van der Waals surface area contributed by atoms with Crippen LogP contribution in [-0.4, -0.2) is 35.2 Å². The van der Waals surface area contributed by atoms with Gasteiger partial charge in [0.2, 0.25) is 17.7 Å². The highest BCUT2D eigenvalue weighted by Crippen LogP contribution is 2.24. The van der Waals surface area contributed by atoms with Crippen molar-refractivity contribution in [3.05, 3.63) is 64.0 Å². The summed E-state index contributed by atoms with van der Waals surface area (Å²) in [5, 5.41) is 8.13. The zero-order chi connectivity index (χ0) is 20.1. The summed E-state index contributed by atoms with van der Waals surface area (Å²) >= 11 is 3.45. The maximum atomic E-state index is 12.5. The minimum absolute atomic E-state index is 0.00267. The number of rotatable bonds is 7. The van der Waals surface area contributed by atoms with Gasteiger partial charge >= 0.3 is 0 Å². The first-order valence-corrected chi connectivity index (χ1v) is 9.71. The third-order valence-electron chi connectivity index (χ3n) is 4.39. The van der Waals surface area contributed by atoms with E-state index >= 15 is 0 Å². The molecule has 0 fully saturated rings. The summed E-state index contributed by atoms with van der Waals surface area (Å²) in [6, 6.07) is 13.6. The molecule has 0 aliphatic rings. The molecule has 2 aromatic carbocycles. The van der Waals surface area contributed by atoms with Gasteiger partial charge in [-0.25, -0.2) is 0 Å². The van der Waals surface area contributed by atoms with Gasteiger partial charge in [0.25, 0.3) is 0 Å². The summed E-state index contributed by atoms with van der Waals surface area (Å²) < 4.78 is 12.0. The molecule has 0 radical (unpaired) electrons. The first-order valence-electron chi connectivity index (χ1n) is 8.92. The number of hydrogen-bond acceptors (Lipinski definition) is 5. The third-order valence-corrected chi connectivity index (χ3v) is 4.89. The molecular formula is C21H22BrN3O3. The maximum absolute atomic E-state index is 12.5. The summed E-state index contributed by atoms with van der Waals surface area (Å²) in [7, 11) is 3.39. The van der Waals surface area contributed by atoms with Crippen molar-refractivity contribution < 1.29 is 13.9 Å². The average Bonchev–Trinajstić information content (AvgIpc) is 3.16. The van der Waals surface area contributed by atoms with Gasteiger partial charge in [-0.15, -0.1) is 10.2 Å². The van der Waals surface area contributed by atoms with Crippen LogP contribution in [0.3, 0.4) is 0 Å². The fourth-order valence-electron chi connectivity index (χ4n) is 2.79. The Labute approximate surface area is 172 Å². The van der Waals surface area contributed by atoms with Crippen LogP contribution in [0.5, 0.6) is 5.75 Å². The molecule has 0 saturated carbocycles. The van der Waals surface area contributed by atoms with Crippen LogP contribution in [0.25, 0.3) is 11.5 Å². The van der Waals surface area contributed by atoms with Crippen LogP contribution in [0.2, 0.25) is 0 Å². The van der Waals surface area contributed by atoms with E-state index in [1.807, 2.05) is 49.4 Å². The number of halogens is 1. The van der Waals surface area contributed by atoms with Gasteiger partial charge in [0.05, 0.1) is 7.11 Å². The number of hydrogen-bond donors (Lipinski definition) is 0. The molecule has 0 atom stereocenters. The van der Waals surface area contributed by atoms with E-state index in [9.17, 15) is 4.79 Å². The standard InChI is InChI=1S/C21H22BrN3O3/c1-14-4-6-15(7-5-14)21-24-23-19(28-21)10-11-20(26)25(2)13-16-12-17(22)8-9-18(16)27-3/h4-9,12H,10-11,13H2,1-3H3. The normalized spacial score (nSPS) is 10.7. The molecule has 1 heterocycles. The van der Waals surface area contributed by atoms with Gasteiger partial charge in [-0.05, 0) is 37.3 Å². The highest BCUT2D eigenvalue weighted by Gasteiger charge is 2.15. The molecule has 3 rings (SSSR count). The number of methoxy groups -OCH3 is 1. The van der Waals surface area contributed by atoms with Crippen LogP contribution >= 0.6 is 15.9 Å². The van der Waals surface area contributed by atoms with E-state index < -0.39 is 0 Å². The summed E-state index contributed by atoms with van der Waals surface area (Å²) in [6.45, 7) is 2.48. The smallest absolute Gasteiger partial charge is 0.247 e. The molecule has 3 aromatic rings. The molecule has 1 amide bonds. The molecule has 28 heavy (non-hydrogen) atoms. The molecule has 146 valence electrons. The topological polar surface area (TPSA) is 68.5 Å². The van der Waals surface area contributed by atoms with Crippen LogP contribution in [-0.2, 0) is 17.8 Å². The average molecular weight is 444 g/mol. The quantitative estimate of drug-likeness (QED) is 0.540. The number of carbonyl (C=O) groups is 1. The second kappa shape index (κ2) is 9.01. The second-order valence-corrected chi connectivity index (χ2v) is 7.49. The maximum Gasteiger partial charge on any atom is 0.247 e. The van der Waals surface area contributed by atoms with Crippen LogP contribution in [0.15, 0.2) is 51.4 Å². The van der Waals surface area contributed by atoms with E-state index in [-0.39, 0.29) is 5.91 Å². The lowest BCUT2D eigenvalue weighted by atomic mass is 10.1. The number of amides is 1. The monoisotopic (exact) mass is 443 g/mol. The van der Waals surface area contributed by atoms with Gasteiger partial charge in [0, 0.05) is 42.0 Å². The van der Waals surface area contributed by atoms with Gasteiger partial charge in [0.1, 0.15) is 5.75 Å². The van der Waals surface area contributed by atoms with Gasteiger partial charge < -0.3 is 14.1 Å². The number of ether oxygens (including phenoxy) is 1. The molecule has 1 aromatic heterocycles. The van der Waals surface area contributed by atoms with Crippen LogP contribution < -0.4 is 4.74 Å². The number of carbonyl (C=O) groups excluding carboxylic acids is 1. The predicted molar refractivity (Wildman–Crippen MR) is 110 cm³/mol. The number of aryl methyl sites for hydroxylation is 2. The molecule has 0 unspecified atom stereocenters. The fraction of sp³-hybridized carbons (Fsp3) is 0.286. The summed E-state index contributed by atoms with van der Waals surface area (Å²) in [6.07, 6.45) is 0.694. The second-order valence-electron chi connectivity index (χ2n) is 6.57. The molecule has 7 heteroatoms. The first kappa shape index (κ1) is 20.1. The minimum atomic E-state index is -0.00267. The molecule has 0 aliphatic carbocycles. The Kier molecular flexibility index (Phi) is 6.46. The van der Waals surface area contributed by atoms with Crippen molar-refractivity contribution in [1.29, 1.82) is 0 Å². The summed E-state index contributed by atoms with van der Waals surface area (Å²) in [5.41, 5.74) is 2.97. The fourth-order valence-corrected chi connectivity index (χ4v) is 3.20. The Bertz CT molecular complexity index is 954. The van der Waals surface area contributed by atoms with Gasteiger partial charge in [-0.3, -0.25) is 4.79 Å². The van der Waals surface area contributed by atoms with Gasteiger partial charge in [0.15, 0.2) is 0 Å². The zero-order valence-corrected chi connectivity index (χ0v) is 17.7. The van der Waals surface area contributed by atoms with Crippen molar-refractivity contribution in [2.45, 2.75) is 26.3 Å². The summed E-state index contributed by atoms with van der Waals surface area (Å²) in [4.78, 5) is 14.2. The van der Waals surface area contributed by atoms with E-state index in [1.54, 1.807) is 19.1 Å². The molecule has 0 N–H and O–H groups in total. The van der Waals surface area contributed by atoms with Crippen LogP contribution in [0.4, 0.5) is 0 Å². The van der Waals surface area contributed by atoms with Crippen molar-refractivity contribution in [2.24, 2.45) is 0 Å². The van der Waals surface area contributed by atoms with E-state index in [2.05, 4.69) is 26.1 Å². The molecule has 0 bridgehead atoms. The van der Waals surface area contributed by atoms with Gasteiger partial charge in [-0.2, -0.15) is 0 Å². The third kappa shape index (κ3) is 4.98. The lowest BCUT2D eigenvalue weighted by molar-refractivity contribution is -0.130. The molecule has 6 nitrogen and oxygen atoms in total. The van der Waals surface area contributed by atoms with Crippen molar-refractivity contribution >= 4 is 21.8 Å². The Hall–Kier alpha value is -2.67. The van der Waals surface area contributed by atoms with Crippen molar-refractivity contribution in [3.8, 4) is 17.2 Å². The van der Waals surface area contributed by atoms with Crippen molar-refractivity contribution in [1.82, 2.24) is 15.1 Å². The van der Waals surface area contributed by atoms with Gasteiger partial charge in [-0.1, -0.05) is 33.6 Å². The van der Waals surface area contributed by atoms with E-state index in [1.165, 1.54) is 5.56 Å². The Morgan fingerprint density at radius 3 is 2.64 bits per heavy atom. The predicted octanol–water partition coefficient (Wildman–Crippen LogP) is 4.41. The highest BCUT2D eigenvalue weighted by molar-refractivity contribution is 9.10. The lowest BCUT2D eigenvalue weighted by Crippen LogP contribution is -2.26. The molecule has 0 spiro atoms. The molecule has 0 aliphatic heterocycles. The van der Waals surface area contributed by atoms with Crippen LogP contribution in [0.1, 0.15) is 23.4 Å². The molecular weight excluding hydrogens is 422 g/mol. The number of benzene rings is 2. The largest absolute Gasteiger partial charge is 0.496 e. The highest BCUT2D eigenvalue weighted by atomic mass is 79.9. The number of nitrogens with zero attached hydrogens (tertiary/aromatic N) is 3. The first-order chi connectivity index (χ1) is 13.5. The van der Waals surface area contributed by atoms with E-state index in [4.69, 9.17) is 9.15 Å². The SMILES string of the molecule is COc1ccc(Br)cc1CN(C)C(=O)CCc1nnc(-c2ccc(C)cc2)o1. The Morgan fingerprint density at radius 1 is 1.18 bits per heavy atom. The van der Waals surface area contributed by atoms with Crippen LogP contribution in [0, 0.1) is 6.92 Å². The Balaban J connectivity index is 1.58.